The van der Waals surface area contributed by atoms with E-state index in [1.54, 1.807) is 0 Å². The van der Waals surface area contributed by atoms with E-state index >= 15 is 0 Å². The van der Waals surface area contributed by atoms with Crippen molar-refractivity contribution in [2.24, 2.45) is 17.5 Å². The highest BCUT2D eigenvalue weighted by Gasteiger charge is 2.48. The molecule has 0 heterocycles. The van der Waals surface area contributed by atoms with Crippen LogP contribution >= 0.6 is 0 Å². The summed E-state index contributed by atoms with van der Waals surface area (Å²) < 4.78 is 0. The number of nitrogens with zero attached hydrogens (tertiary/aromatic N) is 1. The molecular formula is C8H16N4. The van der Waals surface area contributed by atoms with Gasteiger partial charge in [-0.25, -0.2) is 5.84 Å². The number of hydrogen-bond acceptors (Lipinski definition) is 2. The number of nitrogens with one attached hydrogen (secondary N) is 1. The van der Waals surface area contributed by atoms with Crippen LogP contribution in [0.25, 0.3) is 0 Å². The Morgan fingerprint density at radius 2 is 2.00 bits per heavy atom. The third kappa shape index (κ3) is 0.909. The van der Waals surface area contributed by atoms with Crippen LogP contribution in [0.2, 0.25) is 0 Å². The molecule has 0 aromatic rings. The number of rotatable bonds is 1. The molecule has 12 heavy (non-hydrogen) atoms. The molecule has 0 aliphatic heterocycles. The van der Waals surface area contributed by atoms with Gasteiger partial charge in [-0.15, -0.1) is 0 Å². The molecule has 5 N–H and O–H groups in total. The molecule has 4 heteroatoms. The maximum Gasteiger partial charge on any atom is 0.203 e. The molecular weight excluding hydrogens is 152 g/mol. The monoisotopic (exact) mass is 168 g/mol. The Hall–Kier alpha value is -0.770. The highest BCUT2D eigenvalue weighted by Crippen LogP contribution is 2.49. The van der Waals surface area contributed by atoms with Crippen LogP contribution in [0.3, 0.4) is 0 Å². The van der Waals surface area contributed by atoms with Crippen LogP contribution in [0.4, 0.5) is 0 Å². The Morgan fingerprint density at radius 3 is 2.33 bits per heavy atom. The zero-order valence-corrected chi connectivity index (χ0v) is 7.21. The summed E-state index contributed by atoms with van der Waals surface area (Å²) in [7, 11) is 0. The first-order valence-corrected chi connectivity index (χ1v) is 4.53. The molecule has 2 aliphatic rings. The summed E-state index contributed by atoms with van der Waals surface area (Å²) in [4.78, 5) is 0. The summed E-state index contributed by atoms with van der Waals surface area (Å²) in [6.45, 7) is 0. The first-order valence-electron chi connectivity index (χ1n) is 4.53. The smallest absolute Gasteiger partial charge is 0.203 e. The third-order valence-electron chi connectivity index (χ3n) is 3.48. The molecule has 0 radical (unpaired) electrons. The second-order valence-corrected chi connectivity index (χ2v) is 4.13. The van der Waals surface area contributed by atoms with Crippen molar-refractivity contribution in [3.63, 3.8) is 0 Å². The molecule has 0 aromatic carbocycles. The third-order valence-corrected chi connectivity index (χ3v) is 3.48. The fourth-order valence-electron chi connectivity index (χ4n) is 2.76. The Balaban J connectivity index is 2.15. The van der Waals surface area contributed by atoms with Crippen molar-refractivity contribution in [2.45, 2.75) is 37.6 Å². The van der Waals surface area contributed by atoms with Crippen LogP contribution in [-0.4, -0.2) is 16.5 Å². The normalized spacial score (nSPS) is 38.6. The average Bonchev–Trinajstić information content (AvgIpc) is 2.62. The van der Waals surface area contributed by atoms with Gasteiger partial charge in [-0.1, -0.05) is 0 Å². The highest BCUT2D eigenvalue weighted by atomic mass is 15.5. The van der Waals surface area contributed by atoms with Crippen LogP contribution in [0.5, 0.6) is 0 Å². The quantitative estimate of drug-likeness (QED) is 0.229. The lowest BCUT2D eigenvalue weighted by Gasteiger charge is -2.36. The number of nitrogens with two attached hydrogens (primary N) is 2. The molecule has 0 amide bonds. The zero-order valence-electron chi connectivity index (χ0n) is 7.21. The van der Waals surface area contributed by atoms with Gasteiger partial charge in [-0.05, 0) is 38.0 Å². The second kappa shape index (κ2) is 2.36. The van der Waals surface area contributed by atoms with Crippen molar-refractivity contribution in [1.29, 1.82) is 5.41 Å². The largest absolute Gasteiger partial charge is 0.369 e. The first kappa shape index (κ1) is 7.86. The Morgan fingerprint density at radius 1 is 1.42 bits per heavy atom. The van der Waals surface area contributed by atoms with E-state index in [0.29, 0.717) is 0 Å². The van der Waals surface area contributed by atoms with E-state index in [-0.39, 0.29) is 11.5 Å². The van der Waals surface area contributed by atoms with Crippen molar-refractivity contribution in [3.8, 4) is 0 Å². The second-order valence-electron chi connectivity index (χ2n) is 4.13. The Labute approximate surface area is 72.4 Å². The Bertz CT molecular complexity index is 205. The molecule has 4 nitrogen and oxygen atoms in total. The molecule has 2 bridgehead atoms. The molecule has 0 atom stereocenters. The van der Waals surface area contributed by atoms with Gasteiger partial charge in [-0.3, -0.25) is 10.4 Å². The maximum atomic E-state index is 7.29. The van der Waals surface area contributed by atoms with E-state index in [1.165, 1.54) is 17.9 Å². The predicted octanol–water partition coefficient (Wildman–Crippen LogP) is 0.388. The number of fused-ring (bicyclic) bond motifs is 2. The number of hydrogen-bond donors (Lipinski definition) is 3. The van der Waals surface area contributed by atoms with Crippen molar-refractivity contribution in [1.82, 2.24) is 5.01 Å². The molecule has 68 valence electrons. The van der Waals surface area contributed by atoms with E-state index < -0.39 is 0 Å². The van der Waals surface area contributed by atoms with Gasteiger partial charge < -0.3 is 5.73 Å². The summed E-state index contributed by atoms with van der Waals surface area (Å²) in [6, 6.07) is 0. The van der Waals surface area contributed by atoms with Crippen LogP contribution < -0.4 is 11.6 Å². The zero-order chi connectivity index (χ0) is 8.77. The number of hydrazine groups is 1. The number of guanidine groups is 1. The lowest BCUT2D eigenvalue weighted by Crippen LogP contribution is -2.56. The molecule has 0 spiro atoms. The fraction of sp³-hybridized carbons (Fsp3) is 0.875. The predicted molar refractivity (Wildman–Crippen MR) is 47.2 cm³/mol. The van der Waals surface area contributed by atoms with E-state index in [0.717, 1.165) is 25.2 Å². The van der Waals surface area contributed by atoms with Crippen molar-refractivity contribution in [3.05, 3.63) is 0 Å². The van der Waals surface area contributed by atoms with Crippen molar-refractivity contribution >= 4 is 5.96 Å². The summed E-state index contributed by atoms with van der Waals surface area (Å²) in [5, 5.41) is 8.78. The van der Waals surface area contributed by atoms with Gasteiger partial charge in [0.2, 0.25) is 5.96 Å². The Kier molecular flexibility index (Phi) is 1.54. The molecule has 2 saturated carbocycles. The maximum absolute atomic E-state index is 7.29. The minimum absolute atomic E-state index is 0.0116. The van der Waals surface area contributed by atoms with Crippen LogP contribution in [-0.2, 0) is 0 Å². The summed E-state index contributed by atoms with van der Waals surface area (Å²) >= 11 is 0. The van der Waals surface area contributed by atoms with Gasteiger partial charge in [0.15, 0.2) is 0 Å². The molecule has 2 aliphatic carbocycles. The lowest BCUT2D eigenvalue weighted by molar-refractivity contribution is 0.178. The van der Waals surface area contributed by atoms with Gasteiger partial charge in [-0.2, -0.15) is 0 Å². The van der Waals surface area contributed by atoms with E-state index in [9.17, 15) is 0 Å². The standard InChI is InChI=1S/C8H16N4/c9-7(10)12(11)8-3-1-6(5-8)2-4-8/h6H,1-5,11H2,(H3,9,10). The highest BCUT2D eigenvalue weighted by molar-refractivity contribution is 5.75. The topological polar surface area (TPSA) is 79.1 Å². The minimum Gasteiger partial charge on any atom is -0.369 e. The van der Waals surface area contributed by atoms with E-state index in [4.69, 9.17) is 17.0 Å². The summed E-state index contributed by atoms with van der Waals surface area (Å²) in [5.41, 5.74) is 5.43. The van der Waals surface area contributed by atoms with Crippen molar-refractivity contribution < 1.29 is 0 Å². The molecule has 0 unspecified atom stereocenters. The van der Waals surface area contributed by atoms with Crippen LogP contribution in [0.15, 0.2) is 0 Å². The molecule has 0 saturated heterocycles. The van der Waals surface area contributed by atoms with E-state index in [2.05, 4.69) is 0 Å². The van der Waals surface area contributed by atoms with Crippen molar-refractivity contribution in [2.75, 3.05) is 0 Å². The minimum atomic E-state index is 0.0116. The van der Waals surface area contributed by atoms with Crippen LogP contribution in [0.1, 0.15) is 32.1 Å². The van der Waals surface area contributed by atoms with Crippen LogP contribution in [0, 0.1) is 11.3 Å². The average molecular weight is 168 g/mol. The lowest BCUT2D eigenvalue weighted by atomic mass is 9.93. The fourth-order valence-corrected chi connectivity index (χ4v) is 2.76. The van der Waals surface area contributed by atoms with Gasteiger partial charge in [0.1, 0.15) is 0 Å². The summed E-state index contributed by atoms with van der Waals surface area (Å²) in [5.74, 6) is 6.63. The van der Waals surface area contributed by atoms with Gasteiger partial charge in [0.25, 0.3) is 0 Å². The molecule has 2 rings (SSSR count). The SMILES string of the molecule is N=C(N)N(N)C12CCC(CC1)C2. The molecule has 0 aromatic heterocycles. The van der Waals surface area contributed by atoms with Gasteiger partial charge in [0, 0.05) is 0 Å². The summed E-state index contributed by atoms with van der Waals surface area (Å²) in [6.07, 6.45) is 5.91. The van der Waals surface area contributed by atoms with Gasteiger partial charge in [0.05, 0.1) is 5.54 Å². The van der Waals surface area contributed by atoms with Gasteiger partial charge >= 0.3 is 0 Å². The first-order chi connectivity index (χ1) is 5.64. The van der Waals surface area contributed by atoms with E-state index in [1.807, 2.05) is 0 Å². The molecule has 2 fully saturated rings.